The molecular weight excluding hydrogens is 258 g/mol. The molecule has 2 amide bonds. The third-order valence-electron chi connectivity index (χ3n) is 3.49. The fraction of sp³-hybridized carbons (Fsp3) is 0.308. The molecule has 1 atom stereocenters. The topological polar surface area (TPSA) is 118 Å². The van der Waals surface area contributed by atoms with E-state index in [0.717, 1.165) is 6.42 Å². The molecule has 20 heavy (non-hydrogen) atoms. The van der Waals surface area contributed by atoms with E-state index in [2.05, 4.69) is 9.97 Å². The zero-order chi connectivity index (χ0) is 14.3. The van der Waals surface area contributed by atoms with Gasteiger partial charge >= 0.3 is 0 Å². The maximum Gasteiger partial charge on any atom is 0.289 e. The Morgan fingerprint density at radius 2 is 2.20 bits per heavy atom. The van der Waals surface area contributed by atoms with Crippen molar-refractivity contribution in [2.75, 3.05) is 13.1 Å². The second-order valence-electron chi connectivity index (χ2n) is 4.95. The van der Waals surface area contributed by atoms with Crippen LogP contribution in [0.25, 0.3) is 11.0 Å². The van der Waals surface area contributed by atoms with Crippen LogP contribution in [0, 0.1) is 0 Å². The largest absolute Gasteiger partial charge is 0.366 e. The number of primary amides is 1. The molecule has 1 aromatic heterocycles. The van der Waals surface area contributed by atoms with Crippen molar-refractivity contribution >= 4 is 22.8 Å². The van der Waals surface area contributed by atoms with Crippen LogP contribution in [0.2, 0.25) is 0 Å². The van der Waals surface area contributed by atoms with Crippen LogP contribution in [0.4, 0.5) is 0 Å². The van der Waals surface area contributed by atoms with Gasteiger partial charge in [-0.05, 0) is 18.6 Å². The maximum atomic E-state index is 12.3. The van der Waals surface area contributed by atoms with Gasteiger partial charge < -0.3 is 21.4 Å². The number of hydrogen-bond acceptors (Lipinski definition) is 4. The average Bonchev–Trinajstić information content (AvgIpc) is 3.02. The van der Waals surface area contributed by atoms with E-state index in [-0.39, 0.29) is 17.8 Å². The molecule has 2 heterocycles. The Labute approximate surface area is 114 Å². The highest BCUT2D eigenvalue weighted by Crippen LogP contribution is 2.18. The Morgan fingerprint density at radius 1 is 1.40 bits per heavy atom. The van der Waals surface area contributed by atoms with Crippen LogP contribution in [0.1, 0.15) is 27.4 Å². The number of nitrogens with zero attached hydrogens (tertiary/aromatic N) is 2. The molecule has 0 spiro atoms. The highest BCUT2D eigenvalue weighted by Gasteiger charge is 2.26. The van der Waals surface area contributed by atoms with Crippen molar-refractivity contribution in [3.63, 3.8) is 0 Å². The molecule has 1 aliphatic heterocycles. The fourth-order valence-corrected chi connectivity index (χ4v) is 2.45. The number of fused-ring (bicyclic) bond motifs is 1. The number of H-pyrrole nitrogens is 1. The average molecular weight is 273 g/mol. The summed E-state index contributed by atoms with van der Waals surface area (Å²) in [6, 6.07) is 5.05. The van der Waals surface area contributed by atoms with Gasteiger partial charge in [0.05, 0.1) is 11.1 Å². The Bertz CT molecular complexity index is 693. The van der Waals surface area contributed by atoms with Gasteiger partial charge in [-0.2, -0.15) is 0 Å². The Balaban J connectivity index is 1.99. The molecular formula is C13H15N5O2. The van der Waals surface area contributed by atoms with E-state index in [4.69, 9.17) is 11.5 Å². The van der Waals surface area contributed by atoms with E-state index in [0.29, 0.717) is 29.7 Å². The number of nitrogens with two attached hydrogens (primary N) is 2. The molecule has 0 bridgehead atoms. The zero-order valence-corrected chi connectivity index (χ0v) is 10.8. The molecule has 1 aliphatic rings. The van der Waals surface area contributed by atoms with E-state index in [1.807, 2.05) is 0 Å². The zero-order valence-electron chi connectivity index (χ0n) is 10.8. The summed E-state index contributed by atoms with van der Waals surface area (Å²) < 4.78 is 0. The molecule has 1 aromatic carbocycles. The second-order valence-corrected chi connectivity index (χ2v) is 4.95. The van der Waals surface area contributed by atoms with Gasteiger partial charge in [0.1, 0.15) is 5.52 Å². The number of likely N-dealkylation sites (tertiary alicyclic amines) is 1. The summed E-state index contributed by atoms with van der Waals surface area (Å²) in [6.45, 7) is 1.15. The first-order chi connectivity index (χ1) is 9.56. The molecule has 1 fully saturated rings. The van der Waals surface area contributed by atoms with E-state index in [9.17, 15) is 9.59 Å². The summed E-state index contributed by atoms with van der Waals surface area (Å²) in [5.74, 6) is -0.559. The lowest BCUT2D eigenvalue weighted by Gasteiger charge is -2.13. The predicted octanol–water partition coefficient (Wildman–Crippen LogP) is -0.165. The lowest BCUT2D eigenvalue weighted by Crippen LogP contribution is -2.32. The number of imidazole rings is 1. The van der Waals surface area contributed by atoms with Crippen molar-refractivity contribution in [1.29, 1.82) is 0 Å². The molecule has 0 radical (unpaired) electrons. The Hall–Kier alpha value is -2.41. The summed E-state index contributed by atoms with van der Waals surface area (Å²) in [6.07, 6.45) is 0.790. The third-order valence-corrected chi connectivity index (χ3v) is 3.49. The van der Waals surface area contributed by atoms with Crippen LogP contribution >= 0.6 is 0 Å². The van der Waals surface area contributed by atoms with E-state index in [1.54, 1.807) is 23.1 Å². The standard InChI is InChI=1S/C13H15N5O2/c14-7-4-5-18(6-7)13(20)12-16-9-3-1-2-8(11(15)19)10(9)17-12/h1-3,7H,4-6,14H2,(H2,15,19)(H,16,17)/t7-/m1/s1. The van der Waals surface area contributed by atoms with Gasteiger partial charge in [-0.1, -0.05) is 6.07 Å². The van der Waals surface area contributed by atoms with Crippen LogP contribution in [0.3, 0.4) is 0 Å². The fourth-order valence-electron chi connectivity index (χ4n) is 2.45. The Kier molecular flexibility index (Phi) is 2.90. The normalized spacial score (nSPS) is 18.6. The minimum Gasteiger partial charge on any atom is -0.366 e. The third kappa shape index (κ3) is 2.01. The molecule has 0 aliphatic carbocycles. The van der Waals surface area contributed by atoms with Gasteiger partial charge in [0, 0.05) is 19.1 Å². The van der Waals surface area contributed by atoms with Gasteiger partial charge in [-0.25, -0.2) is 4.98 Å². The van der Waals surface area contributed by atoms with E-state index in [1.165, 1.54) is 0 Å². The van der Waals surface area contributed by atoms with Crippen LogP contribution in [0.15, 0.2) is 18.2 Å². The number of carbonyl (C=O) groups excluding carboxylic acids is 2. The first-order valence-electron chi connectivity index (χ1n) is 6.39. The molecule has 7 nitrogen and oxygen atoms in total. The summed E-state index contributed by atoms with van der Waals surface area (Å²) in [5, 5.41) is 0. The number of carbonyl (C=O) groups is 2. The van der Waals surface area contributed by atoms with Crippen molar-refractivity contribution in [3.05, 3.63) is 29.6 Å². The van der Waals surface area contributed by atoms with E-state index >= 15 is 0 Å². The van der Waals surface area contributed by atoms with E-state index < -0.39 is 5.91 Å². The molecule has 0 unspecified atom stereocenters. The van der Waals surface area contributed by atoms with Crippen LogP contribution < -0.4 is 11.5 Å². The number of rotatable bonds is 2. The highest BCUT2D eigenvalue weighted by atomic mass is 16.2. The first-order valence-corrected chi connectivity index (χ1v) is 6.39. The van der Waals surface area contributed by atoms with Crippen molar-refractivity contribution in [2.45, 2.75) is 12.5 Å². The number of aromatic nitrogens is 2. The van der Waals surface area contributed by atoms with Gasteiger partial charge in [0.25, 0.3) is 11.8 Å². The number of hydrogen-bond donors (Lipinski definition) is 3. The van der Waals surface area contributed by atoms with Crippen molar-refractivity contribution in [3.8, 4) is 0 Å². The summed E-state index contributed by atoms with van der Waals surface area (Å²) in [4.78, 5) is 32.5. The lowest BCUT2D eigenvalue weighted by molar-refractivity contribution is 0.0780. The minimum atomic E-state index is -0.565. The first kappa shape index (κ1) is 12.6. The quantitative estimate of drug-likeness (QED) is 0.704. The van der Waals surface area contributed by atoms with Crippen molar-refractivity contribution in [2.24, 2.45) is 11.5 Å². The van der Waals surface area contributed by atoms with Gasteiger partial charge in [0.15, 0.2) is 5.82 Å². The number of amides is 2. The number of benzene rings is 1. The number of para-hydroxylation sites is 1. The number of nitrogens with one attached hydrogen (secondary N) is 1. The molecule has 1 saturated heterocycles. The summed E-state index contributed by atoms with van der Waals surface area (Å²) in [5.41, 5.74) is 12.4. The minimum absolute atomic E-state index is 0.0181. The molecule has 3 rings (SSSR count). The summed E-state index contributed by atoms with van der Waals surface area (Å²) in [7, 11) is 0. The van der Waals surface area contributed by atoms with Crippen LogP contribution in [-0.2, 0) is 0 Å². The second kappa shape index (κ2) is 4.61. The molecule has 104 valence electrons. The monoisotopic (exact) mass is 273 g/mol. The lowest BCUT2D eigenvalue weighted by atomic mass is 10.2. The molecule has 0 saturated carbocycles. The predicted molar refractivity (Wildman–Crippen MR) is 73.1 cm³/mol. The SMILES string of the molecule is NC(=O)c1cccc2[nH]c(C(=O)N3CC[C@@H](N)C3)nc12. The highest BCUT2D eigenvalue weighted by molar-refractivity contribution is 6.05. The van der Waals surface area contributed by atoms with Gasteiger partial charge in [-0.15, -0.1) is 0 Å². The molecule has 2 aromatic rings. The van der Waals surface area contributed by atoms with Crippen LogP contribution in [0.5, 0.6) is 0 Å². The summed E-state index contributed by atoms with van der Waals surface area (Å²) >= 11 is 0. The van der Waals surface area contributed by atoms with Crippen molar-refractivity contribution < 1.29 is 9.59 Å². The number of aromatic amines is 1. The smallest absolute Gasteiger partial charge is 0.289 e. The molecule has 5 N–H and O–H groups in total. The van der Waals surface area contributed by atoms with Gasteiger partial charge in [-0.3, -0.25) is 9.59 Å². The van der Waals surface area contributed by atoms with Crippen LogP contribution in [-0.4, -0.2) is 45.8 Å². The molecule has 7 heteroatoms. The Morgan fingerprint density at radius 3 is 2.85 bits per heavy atom. The maximum absolute atomic E-state index is 12.3. The van der Waals surface area contributed by atoms with Crippen molar-refractivity contribution in [1.82, 2.24) is 14.9 Å². The van der Waals surface area contributed by atoms with Gasteiger partial charge in [0.2, 0.25) is 0 Å².